The molecule has 0 radical (unpaired) electrons. The van der Waals surface area contributed by atoms with E-state index in [1.807, 2.05) is 29.9 Å². The van der Waals surface area contributed by atoms with E-state index in [-0.39, 0.29) is 5.75 Å². The summed E-state index contributed by atoms with van der Waals surface area (Å²) >= 11 is 0. The Morgan fingerprint density at radius 2 is 2.00 bits per heavy atom. The topological polar surface area (TPSA) is 55.2 Å². The Morgan fingerprint density at radius 3 is 2.67 bits per heavy atom. The number of benzene rings is 1. The average molecular weight is 347 g/mol. The van der Waals surface area contributed by atoms with Gasteiger partial charge in [0.1, 0.15) is 0 Å². The van der Waals surface area contributed by atoms with Gasteiger partial charge < -0.3 is 0 Å². The van der Waals surface area contributed by atoms with E-state index in [2.05, 4.69) is 30.4 Å². The van der Waals surface area contributed by atoms with Crippen molar-refractivity contribution < 1.29 is 8.42 Å². The highest BCUT2D eigenvalue weighted by Gasteiger charge is 2.28. The molecular weight excluding hydrogens is 322 g/mol. The number of sulfonamides is 1. The third-order valence-corrected chi connectivity index (χ3v) is 6.73. The third kappa shape index (κ3) is 3.70. The first-order valence-corrected chi connectivity index (χ1v) is 10.2. The van der Waals surface area contributed by atoms with Crippen LogP contribution in [-0.4, -0.2) is 41.3 Å². The van der Waals surface area contributed by atoms with Gasteiger partial charge in [0.25, 0.3) is 0 Å². The Kier molecular flexibility index (Phi) is 5.06. The first kappa shape index (κ1) is 17.2. The molecule has 1 aromatic heterocycles. The van der Waals surface area contributed by atoms with Crippen LogP contribution in [0.25, 0.3) is 5.69 Å². The number of hydrogen-bond acceptors (Lipinski definition) is 3. The van der Waals surface area contributed by atoms with Crippen LogP contribution in [0.5, 0.6) is 0 Å². The van der Waals surface area contributed by atoms with Crippen LogP contribution in [0.15, 0.2) is 36.7 Å². The van der Waals surface area contributed by atoms with E-state index in [1.54, 1.807) is 4.31 Å². The lowest BCUT2D eigenvalue weighted by Crippen LogP contribution is -2.39. The standard InChI is InChI=1S/C18H25N3O2S/c1-3-11-24(22,23)20-9-7-16(8-10-20)17-13-19-21(14-17)18-6-4-5-15(2)12-18/h4-6,12-14,16H,3,7-11H2,1-2H3. The lowest BCUT2D eigenvalue weighted by Gasteiger charge is -2.30. The van der Waals surface area contributed by atoms with Crippen LogP contribution in [0, 0.1) is 6.92 Å². The molecule has 1 aliphatic rings. The largest absolute Gasteiger partial charge is 0.241 e. The van der Waals surface area contributed by atoms with Gasteiger partial charge in [-0.2, -0.15) is 5.10 Å². The molecule has 130 valence electrons. The summed E-state index contributed by atoms with van der Waals surface area (Å²) in [5, 5.41) is 4.48. The normalized spacial score (nSPS) is 17.2. The van der Waals surface area contributed by atoms with Gasteiger partial charge in [0.05, 0.1) is 17.6 Å². The van der Waals surface area contributed by atoms with Crippen LogP contribution >= 0.6 is 0 Å². The second-order valence-electron chi connectivity index (χ2n) is 6.55. The molecule has 1 aliphatic heterocycles. The maximum atomic E-state index is 12.2. The number of aryl methyl sites for hydroxylation is 1. The smallest absolute Gasteiger partial charge is 0.214 e. The molecule has 1 aromatic carbocycles. The molecule has 24 heavy (non-hydrogen) atoms. The number of piperidine rings is 1. The maximum Gasteiger partial charge on any atom is 0.214 e. The van der Waals surface area contributed by atoms with Crippen LogP contribution in [-0.2, 0) is 10.0 Å². The Balaban J connectivity index is 1.68. The molecule has 0 bridgehead atoms. The van der Waals surface area contributed by atoms with Crippen LogP contribution in [0.1, 0.15) is 43.2 Å². The molecule has 0 N–H and O–H groups in total. The quantitative estimate of drug-likeness (QED) is 0.835. The van der Waals surface area contributed by atoms with Crippen molar-refractivity contribution >= 4 is 10.0 Å². The van der Waals surface area contributed by atoms with Crippen molar-refractivity contribution in [3.05, 3.63) is 47.8 Å². The predicted octanol–water partition coefficient (Wildman–Crippen LogP) is 3.10. The van der Waals surface area contributed by atoms with Gasteiger partial charge in [0.15, 0.2) is 0 Å². The molecule has 1 saturated heterocycles. The third-order valence-electron chi connectivity index (χ3n) is 4.65. The Bertz CT molecular complexity index is 790. The van der Waals surface area contributed by atoms with Gasteiger partial charge in [-0.3, -0.25) is 0 Å². The average Bonchev–Trinajstić information content (AvgIpc) is 3.05. The minimum atomic E-state index is -3.07. The van der Waals surface area contributed by atoms with Crippen molar-refractivity contribution in [2.24, 2.45) is 0 Å². The van der Waals surface area contributed by atoms with E-state index >= 15 is 0 Å². The SMILES string of the molecule is CCCS(=O)(=O)N1CCC(c2cnn(-c3cccc(C)c3)c2)CC1. The second kappa shape index (κ2) is 7.07. The number of nitrogens with zero attached hydrogens (tertiary/aromatic N) is 3. The number of aromatic nitrogens is 2. The highest BCUT2D eigenvalue weighted by atomic mass is 32.2. The summed E-state index contributed by atoms with van der Waals surface area (Å²) in [6.07, 6.45) is 6.40. The van der Waals surface area contributed by atoms with Crippen LogP contribution in [0.3, 0.4) is 0 Å². The van der Waals surface area contributed by atoms with Crippen molar-refractivity contribution in [1.82, 2.24) is 14.1 Å². The van der Waals surface area contributed by atoms with E-state index in [4.69, 9.17) is 0 Å². The van der Waals surface area contributed by atoms with Gasteiger partial charge in [-0.05, 0) is 55.4 Å². The summed E-state index contributed by atoms with van der Waals surface area (Å²) in [6.45, 7) is 5.20. The van der Waals surface area contributed by atoms with Gasteiger partial charge in [0.2, 0.25) is 10.0 Å². The number of hydrogen-bond donors (Lipinski definition) is 0. The van der Waals surface area contributed by atoms with Crippen LogP contribution < -0.4 is 0 Å². The lowest BCUT2D eigenvalue weighted by molar-refractivity contribution is 0.319. The Hall–Kier alpha value is -1.66. The summed E-state index contributed by atoms with van der Waals surface area (Å²) in [7, 11) is -3.07. The molecule has 2 heterocycles. The molecule has 2 aromatic rings. The first-order chi connectivity index (χ1) is 11.5. The fraction of sp³-hybridized carbons (Fsp3) is 0.500. The van der Waals surface area contributed by atoms with Crippen LogP contribution in [0.2, 0.25) is 0 Å². The molecule has 1 fully saturated rings. The predicted molar refractivity (Wildman–Crippen MR) is 95.9 cm³/mol. The minimum absolute atomic E-state index is 0.253. The molecule has 6 heteroatoms. The zero-order valence-electron chi connectivity index (χ0n) is 14.4. The van der Waals surface area contributed by atoms with Gasteiger partial charge in [0, 0.05) is 19.3 Å². The Morgan fingerprint density at radius 1 is 1.25 bits per heavy atom. The minimum Gasteiger partial charge on any atom is -0.241 e. The fourth-order valence-corrected chi connectivity index (χ4v) is 4.85. The van der Waals surface area contributed by atoms with Crippen molar-refractivity contribution in [2.45, 2.75) is 39.0 Å². The zero-order valence-corrected chi connectivity index (χ0v) is 15.2. The fourth-order valence-electron chi connectivity index (χ4n) is 3.31. The molecule has 0 amide bonds. The molecule has 0 unspecified atom stereocenters. The summed E-state index contributed by atoms with van der Waals surface area (Å²) in [5.41, 5.74) is 3.47. The molecule has 3 rings (SSSR count). The second-order valence-corrected chi connectivity index (χ2v) is 8.64. The van der Waals surface area contributed by atoms with Gasteiger partial charge in [-0.15, -0.1) is 0 Å². The van der Waals surface area contributed by atoms with Gasteiger partial charge >= 0.3 is 0 Å². The monoisotopic (exact) mass is 347 g/mol. The summed E-state index contributed by atoms with van der Waals surface area (Å²) in [4.78, 5) is 0. The lowest BCUT2D eigenvalue weighted by atomic mass is 9.93. The summed E-state index contributed by atoms with van der Waals surface area (Å²) in [5.74, 6) is 0.639. The highest BCUT2D eigenvalue weighted by Crippen LogP contribution is 2.29. The maximum absolute atomic E-state index is 12.2. The van der Waals surface area contributed by atoms with E-state index in [0.29, 0.717) is 25.4 Å². The van der Waals surface area contributed by atoms with Crippen molar-refractivity contribution in [3.63, 3.8) is 0 Å². The van der Waals surface area contributed by atoms with E-state index in [0.717, 1.165) is 18.5 Å². The molecule has 5 nitrogen and oxygen atoms in total. The van der Waals surface area contributed by atoms with Crippen LogP contribution in [0.4, 0.5) is 0 Å². The van der Waals surface area contributed by atoms with Crippen molar-refractivity contribution in [3.8, 4) is 5.69 Å². The van der Waals surface area contributed by atoms with E-state index in [1.165, 1.54) is 11.1 Å². The molecule has 0 atom stereocenters. The van der Waals surface area contributed by atoms with Crippen molar-refractivity contribution in [2.75, 3.05) is 18.8 Å². The highest BCUT2D eigenvalue weighted by molar-refractivity contribution is 7.89. The molecule has 0 aliphatic carbocycles. The molecule has 0 saturated carbocycles. The summed E-state index contributed by atoms with van der Waals surface area (Å²) in [6, 6.07) is 8.25. The number of rotatable bonds is 5. The zero-order chi connectivity index (χ0) is 17.2. The molecule has 0 spiro atoms. The van der Waals surface area contributed by atoms with E-state index < -0.39 is 10.0 Å². The van der Waals surface area contributed by atoms with Crippen molar-refractivity contribution in [1.29, 1.82) is 0 Å². The van der Waals surface area contributed by atoms with E-state index in [9.17, 15) is 8.42 Å². The summed E-state index contributed by atoms with van der Waals surface area (Å²) < 4.78 is 27.9. The van der Waals surface area contributed by atoms with Gasteiger partial charge in [-0.25, -0.2) is 17.4 Å². The Labute approximate surface area is 144 Å². The van der Waals surface area contributed by atoms with Gasteiger partial charge in [-0.1, -0.05) is 19.1 Å². The first-order valence-electron chi connectivity index (χ1n) is 8.59. The molecular formula is C18H25N3O2S.